The van der Waals surface area contributed by atoms with E-state index in [9.17, 15) is 9.90 Å². The first kappa shape index (κ1) is 15.3. The summed E-state index contributed by atoms with van der Waals surface area (Å²) < 4.78 is 0. The SMILES string of the molecule is CCCCN(CCBr)C(=O)c1ccc(Cl)cc1O. The molecular formula is C13H17BrClNO2. The number of rotatable bonds is 6. The third-order valence-electron chi connectivity index (χ3n) is 2.61. The van der Waals surface area contributed by atoms with Gasteiger partial charge in [-0.2, -0.15) is 0 Å². The van der Waals surface area contributed by atoms with E-state index in [-0.39, 0.29) is 11.7 Å². The fourth-order valence-corrected chi connectivity index (χ4v) is 2.22. The maximum absolute atomic E-state index is 12.3. The second-order valence-electron chi connectivity index (χ2n) is 4.00. The molecule has 0 aliphatic carbocycles. The quantitative estimate of drug-likeness (QED) is 0.806. The molecule has 3 nitrogen and oxygen atoms in total. The zero-order chi connectivity index (χ0) is 13.5. The van der Waals surface area contributed by atoms with Gasteiger partial charge in [-0.1, -0.05) is 40.9 Å². The van der Waals surface area contributed by atoms with Crippen LogP contribution in [0.1, 0.15) is 30.1 Å². The van der Waals surface area contributed by atoms with Crippen LogP contribution < -0.4 is 0 Å². The molecule has 1 N–H and O–H groups in total. The molecular weight excluding hydrogens is 318 g/mol. The number of hydrogen-bond acceptors (Lipinski definition) is 2. The van der Waals surface area contributed by atoms with Crippen LogP contribution in [-0.4, -0.2) is 34.3 Å². The van der Waals surface area contributed by atoms with Gasteiger partial charge in [0.05, 0.1) is 5.56 Å². The Kier molecular flexibility index (Phi) is 6.50. The molecule has 1 amide bonds. The Morgan fingerprint density at radius 2 is 2.17 bits per heavy atom. The molecule has 1 aromatic rings. The summed E-state index contributed by atoms with van der Waals surface area (Å²) in [6.07, 6.45) is 1.98. The van der Waals surface area contributed by atoms with Crippen molar-refractivity contribution < 1.29 is 9.90 Å². The van der Waals surface area contributed by atoms with Crippen LogP contribution in [0.25, 0.3) is 0 Å². The molecule has 1 rings (SSSR count). The monoisotopic (exact) mass is 333 g/mol. The lowest BCUT2D eigenvalue weighted by atomic mass is 10.1. The van der Waals surface area contributed by atoms with Crippen molar-refractivity contribution in [3.8, 4) is 5.75 Å². The van der Waals surface area contributed by atoms with Gasteiger partial charge in [0.2, 0.25) is 0 Å². The summed E-state index contributed by atoms with van der Waals surface area (Å²) in [5.74, 6) is -0.222. The minimum Gasteiger partial charge on any atom is -0.507 e. The van der Waals surface area contributed by atoms with E-state index < -0.39 is 0 Å². The highest BCUT2D eigenvalue weighted by Crippen LogP contribution is 2.23. The van der Waals surface area contributed by atoms with Crippen molar-refractivity contribution >= 4 is 33.4 Å². The molecule has 0 bridgehead atoms. The van der Waals surface area contributed by atoms with Gasteiger partial charge < -0.3 is 10.0 Å². The van der Waals surface area contributed by atoms with E-state index in [1.54, 1.807) is 17.0 Å². The lowest BCUT2D eigenvalue weighted by molar-refractivity contribution is 0.0761. The van der Waals surface area contributed by atoms with Gasteiger partial charge in [-0.05, 0) is 24.6 Å². The lowest BCUT2D eigenvalue weighted by Gasteiger charge is -2.22. The van der Waals surface area contributed by atoms with Crippen LogP contribution in [0.2, 0.25) is 5.02 Å². The van der Waals surface area contributed by atoms with Crippen LogP contribution in [-0.2, 0) is 0 Å². The molecule has 0 saturated heterocycles. The molecule has 0 aliphatic rings. The number of phenolic OH excluding ortho intramolecular Hbond substituents is 1. The van der Waals surface area contributed by atoms with Crippen LogP contribution in [0.4, 0.5) is 0 Å². The summed E-state index contributed by atoms with van der Waals surface area (Å²) in [4.78, 5) is 14.0. The Morgan fingerprint density at radius 1 is 1.44 bits per heavy atom. The van der Waals surface area contributed by atoms with Gasteiger partial charge in [-0.3, -0.25) is 4.79 Å². The number of alkyl halides is 1. The Labute approximate surface area is 121 Å². The second-order valence-corrected chi connectivity index (χ2v) is 5.23. The zero-order valence-corrected chi connectivity index (χ0v) is 12.7. The Hall–Kier alpha value is -0.740. The number of hydrogen-bond donors (Lipinski definition) is 1. The predicted molar refractivity (Wildman–Crippen MR) is 77.7 cm³/mol. The van der Waals surface area contributed by atoms with Crippen LogP contribution in [0.15, 0.2) is 18.2 Å². The van der Waals surface area contributed by atoms with Crippen LogP contribution in [0.5, 0.6) is 5.75 Å². The van der Waals surface area contributed by atoms with Crippen molar-refractivity contribution in [1.29, 1.82) is 0 Å². The first-order chi connectivity index (χ1) is 8.60. The van der Waals surface area contributed by atoms with Crippen LogP contribution in [0.3, 0.4) is 0 Å². The smallest absolute Gasteiger partial charge is 0.257 e. The number of halogens is 2. The Morgan fingerprint density at radius 3 is 2.72 bits per heavy atom. The van der Waals surface area contributed by atoms with E-state index in [1.807, 2.05) is 0 Å². The highest BCUT2D eigenvalue weighted by molar-refractivity contribution is 9.09. The molecule has 0 heterocycles. The van der Waals surface area contributed by atoms with Gasteiger partial charge in [0, 0.05) is 23.4 Å². The van der Waals surface area contributed by atoms with Crippen molar-refractivity contribution in [3.63, 3.8) is 0 Å². The number of nitrogens with zero attached hydrogens (tertiary/aromatic N) is 1. The van der Waals surface area contributed by atoms with E-state index in [4.69, 9.17) is 11.6 Å². The summed E-state index contributed by atoms with van der Waals surface area (Å²) in [5, 5.41) is 10.9. The average Bonchev–Trinajstić information content (AvgIpc) is 2.33. The summed E-state index contributed by atoms with van der Waals surface area (Å²) in [6.45, 7) is 3.40. The Bertz CT molecular complexity index is 412. The molecule has 100 valence electrons. The number of aromatic hydroxyl groups is 1. The number of phenols is 1. The number of carbonyl (C=O) groups is 1. The van der Waals surface area contributed by atoms with E-state index in [0.29, 0.717) is 23.7 Å². The fraction of sp³-hybridized carbons (Fsp3) is 0.462. The summed E-state index contributed by atoms with van der Waals surface area (Å²) >= 11 is 9.09. The maximum atomic E-state index is 12.3. The highest BCUT2D eigenvalue weighted by Gasteiger charge is 2.18. The molecule has 0 atom stereocenters. The molecule has 0 fully saturated rings. The normalized spacial score (nSPS) is 10.4. The van der Waals surface area contributed by atoms with Gasteiger partial charge in [0.1, 0.15) is 5.75 Å². The largest absolute Gasteiger partial charge is 0.507 e. The van der Waals surface area contributed by atoms with Crippen LogP contribution >= 0.6 is 27.5 Å². The van der Waals surface area contributed by atoms with Crippen molar-refractivity contribution in [1.82, 2.24) is 4.90 Å². The van der Waals surface area contributed by atoms with E-state index in [1.165, 1.54) is 6.07 Å². The fourth-order valence-electron chi connectivity index (χ4n) is 1.62. The summed E-state index contributed by atoms with van der Waals surface area (Å²) in [5.41, 5.74) is 0.302. The molecule has 0 aliphatic heterocycles. The minimum atomic E-state index is -0.155. The van der Waals surface area contributed by atoms with Gasteiger partial charge >= 0.3 is 0 Å². The van der Waals surface area contributed by atoms with E-state index in [2.05, 4.69) is 22.9 Å². The van der Waals surface area contributed by atoms with Crippen molar-refractivity contribution in [3.05, 3.63) is 28.8 Å². The number of carbonyl (C=O) groups excluding carboxylic acids is 1. The highest BCUT2D eigenvalue weighted by atomic mass is 79.9. The maximum Gasteiger partial charge on any atom is 0.257 e. The number of benzene rings is 1. The van der Waals surface area contributed by atoms with Gasteiger partial charge in [0.25, 0.3) is 5.91 Å². The third kappa shape index (κ3) is 4.18. The molecule has 5 heteroatoms. The second kappa shape index (κ2) is 7.64. The van der Waals surface area contributed by atoms with Crippen molar-refractivity contribution in [2.24, 2.45) is 0 Å². The first-order valence-electron chi connectivity index (χ1n) is 5.94. The average molecular weight is 335 g/mol. The summed E-state index contributed by atoms with van der Waals surface area (Å²) in [7, 11) is 0. The zero-order valence-electron chi connectivity index (χ0n) is 10.3. The van der Waals surface area contributed by atoms with Gasteiger partial charge in [0.15, 0.2) is 0 Å². The van der Waals surface area contributed by atoms with Crippen molar-refractivity contribution in [2.45, 2.75) is 19.8 Å². The topological polar surface area (TPSA) is 40.5 Å². The van der Waals surface area contributed by atoms with Crippen LogP contribution in [0, 0.1) is 0 Å². The predicted octanol–water partition coefficient (Wildman–Crippen LogP) is 3.68. The molecule has 1 aromatic carbocycles. The van der Waals surface area contributed by atoms with Gasteiger partial charge in [-0.25, -0.2) is 0 Å². The van der Waals surface area contributed by atoms with Gasteiger partial charge in [-0.15, -0.1) is 0 Å². The van der Waals surface area contributed by atoms with E-state index in [0.717, 1.165) is 18.2 Å². The standard InChI is InChI=1S/C13H17BrClNO2/c1-2-3-7-16(8-6-14)13(18)11-5-4-10(15)9-12(11)17/h4-5,9,17H,2-3,6-8H2,1H3. The molecule has 0 saturated carbocycles. The molecule has 0 aromatic heterocycles. The van der Waals surface area contributed by atoms with Crippen molar-refractivity contribution in [2.75, 3.05) is 18.4 Å². The third-order valence-corrected chi connectivity index (χ3v) is 3.20. The lowest BCUT2D eigenvalue weighted by Crippen LogP contribution is -2.33. The Balaban J connectivity index is 2.87. The molecule has 0 spiro atoms. The van der Waals surface area contributed by atoms with E-state index >= 15 is 0 Å². The molecule has 0 unspecified atom stereocenters. The first-order valence-corrected chi connectivity index (χ1v) is 7.43. The minimum absolute atomic E-state index is 0.0661. The molecule has 18 heavy (non-hydrogen) atoms. The number of unbranched alkanes of at least 4 members (excludes halogenated alkanes) is 1. The number of amides is 1. The summed E-state index contributed by atoms with van der Waals surface area (Å²) in [6, 6.07) is 4.56. The molecule has 0 radical (unpaired) electrons.